The van der Waals surface area contributed by atoms with Crippen molar-refractivity contribution in [2.45, 2.75) is 17.6 Å². The first-order valence-electron chi connectivity index (χ1n) is 9.31. The number of rotatable bonds is 6. The van der Waals surface area contributed by atoms with Crippen LogP contribution in [0.2, 0.25) is 0 Å². The molecule has 0 aliphatic carbocycles. The van der Waals surface area contributed by atoms with Crippen LogP contribution in [0.4, 0.5) is 0 Å². The Morgan fingerprint density at radius 3 is 2.57 bits per heavy atom. The third kappa shape index (κ3) is 4.41. The lowest BCUT2D eigenvalue weighted by molar-refractivity contribution is -0.130. The number of nitrogens with zero attached hydrogens (tertiary/aromatic N) is 5. The summed E-state index contributed by atoms with van der Waals surface area (Å²) in [6, 6.07) is 15.6. The van der Waals surface area contributed by atoms with E-state index in [2.05, 4.69) is 26.1 Å². The molecule has 30 heavy (non-hydrogen) atoms. The maximum Gasteiger partial charge on any atom is 0.253 e. The number of ether oxygens (including phenoxy) is 1. The van der Waals surface area contributed by atoms with Gasteiger partial charge in [0.05, 0.1) is 24.6 Å². The number of carbonyl (C=O) groups is 1. The lowest BCUT2D eigenvalue weighted by Crippen LogP contribution is -2.28. The maximum absolute atomic E-state index is 13.1. The topological polar surface area (TPSA) is 72.6 Å². The Labute approximate surface area is 187 Å². The van der Waals surface area contributed by atoms with Crippen molar-refractivity contribution in [1.82, 2.24) is 19.8 Å². The molecule has 7 nitrogen and oxygen atoms in total. The average Bonchev–Trinajstić information content (AvgIpc) is 3.39. The van der Waals surface area contributed by atoms with Crippen LogP contribution in [0, 0.1) is 0 Å². The van der Waals surface area contributed by atoms with Gasteiger partial charge in [-0.1, -0.05) is 52.0 Å². The number of benzene rings is 2. The Morgan fingerprint density at radius 1 is 1.20 bits per heavy atom. The van der Waals surface area contributed by atoms with Crippen molar-refractivity contribution in [2.24, 2.45) is 12.1 Å². The molecule has 2 aromatic carbocycles. The lowest BCUT2D eigenvalue weighted by atomic mass is 9.98. The van der Waals surface area contributed by atoms with E-state index in [9.17, 15) is 4.79 Å². The molecule has 0 saturated heterocycles. The zero-order chi connectivity index (χ0) is 21.1. The summed E-state index contributed by atoms with van der Waals surface area (Å²) < 4.78 is 8.06. The Balaban J connectivity index is 1.59. The van der Waals surface area contributed by atoms with Crippen LogP contribution < -0.4 is 4.74 Å². The second-order valence-electron chi connectivity index (χ2n) is 6.80. The number of hydrogen-bond donors (Lipinski definition) is 0. The summed E-state index contributed by atoms with van der Waals surface area (Å²) in [5, 5.41) is 14.9. The van der Waals surface area contributed by atoms with Gasteiger partial charge in [-0.25, -0.2) is 5.01 Å². The molecule has 0 saturated carbocycles. The number of hydrazone groups is 1. The van der Waals surface area contributed by atoms with Crippen molar-refractivity contribution in [3.05, 3.63) is 70.5 Å². The minimum absolute atomic E-state index is 0.0732. The van der Waals surface area contributed by atoms with Crippen LogP contribution in [0.3, 0.4) is 0 Å². The third-order valence-electron chi connectivity index (χ3n) is 4.84. The molecule has 1 amide bonds. The SMILES string of the molecule is COc1ccc([C@@H]2CC(c3ccc(Br)cc3)=NN2C(=O)CSc2nncn2C)cc1. The molecule has 2 heterocycles. The highest BCUT2D eigenvalue weighted by molar-refractivity contribution is 9.10. The van der Waals surface area contributed by atoms with E-state index < -0.39 is 0 Å². The second-order valence-corrected chi connectivity index (χ2v) is 8.66. The van der Waals surface area contributed by atoms with E-state index >= 15 is 0 Å². The second kappa shape index (κ2) is 9.01. The molecule has 0 spiro atoms. The number of methoxy groups -OCH3 is 1. The Kier molecular flexibility index (Phi) is 6.19. The van der Waals surface area contributed by atoms with Gasteiger partial charge in [0.2, 0.25) is 0 Å². The van der Waals surface area contributed by atoms with Gasteiger partial charge in [-0.3, -0.25) is 4.79 Å². The molecule has 154 valence electrons. The largest absolute Gasteiger partial charge is 0.497 e. The van der Waals surface area contributed by atoms with Crippen LogP contribution in [0.5, 0.6) is 5.75 Å². The maximum atomic E-state index is 13.1. The van der Waals surface area contributed by atoms with E-state index in [4.69, 9.17) is 9.84 Å². The van der Waals surface area contributed by atoms with E-state index in [-0.39, 0.29) is 17.7 Å². The smallest absolute Gasteiger partial charge is 0.253 e. The van der Waals surface area contributed by atoms with Gasteiger partial charge in [-0.2, -0.15) is 5.10 Å². The Morgan fingerprint density at radius 2 is 1.93 bits per heavy atom. The summed E-state index contributed by atoms with van der Waals surface area (Å²) in [7, 11) is 3.49. The average molecular weight is 486 g/mol. The van der Waals surface area contributed by atoms with Gasteiger partial charge in [0.25, 0.3) is 5.91 Å². The number of aromatic nitrogens is 3. The zero-order valence-electron chi connectivity index (χ0n) is 16.5. The molecule has 1 aliphatic rings. The van der Waals surface area contributed by atoms with E-state index in [0.29, 0.717) is 11.6 Å². The van der Waals surface area contributed by atoms with E-state index in [1.807, 2.05) is 55.6 Å². The summed E-state index contributed by atoms with van der Waals surface area (Å²) in [5.74, 6) is 0.938. The van der Waals surface area contributed by atoms with Crippen LogP contribution in [0.1, 0.15) is 23.6 Å². The first kappa shape index (κ1) is 20.6. The number of carbonyl (C=O) groups excluding carboxylic acids is 1. The third-order valence-corrected chi connectivity index (χ3v) is 6.39. The van der Waals surface area contributed by atoms with Crippen LogP contribution in [0.25, 0.3) is 0 Å². The fraction of sp³-hybridized carbons (Fsp3) is 0.238. The zero-order valence-corrected chi connectivity index (χ0v) is 18.9. The normalized spacial score (nSPS) is 15.9. The molecule has 0 radical (unpaired) electrons. The Hall–Kier alpha value is -2.65. The van der Waals surface area contributed by atoms with Crippen molar-refractivity contribution in [2.75, 3.05) is 12.9 Å². The fourth-order valence-electron chi connectivity index (χ4n) is 3.24. The van der Waals surface area contributed by atoms with Gasteiger partial charge >= 0.3 is 0 Å². The van der Waals surface area contributed by atoms with Crippen LogP contribution in [-0.2, 0) is 11.8 Å². The van der Waals surface area contributed by atoms with Crippen molar-refractivity contribution in [3.8, 4) is 5.75 Å². The number of amides is 1. The lowest BCUT2D eigenvalue weighted by Gasteiger charge is -2.22. The number of hydrogen-bond acceptors (Lipinski definition) is 6. The van der Waals surface area contributed by atoms with Crippen LogP contribution >= 0.6 is 27.7 Å². The minimum Gasteiger partial charge on any atom is -0.497 e. The highest BCUT2D eigenvalue weighted by Gasteiger charge is 2.33. The molecule has 0 bridgehead atoms. The summed E-state index contributed by atoms with van der Waals surface area (Å²) in [6.07, 6.45) is 2.26. The van der Waals surface area contributed by atoms with E-state index in [1.54, 1.807) is 23.0 Å². The van der Waals surface area contributed by atoms with E-state index in [1.165, 1.54) is 11.8 Å². The minimum atomic E-state index is -0.165. The molecule has 0 fully saturated rings. The monoisotopic (exact) mass is 485 g/mol. The Bertz CT molecular complexity index is 1070. The summed E-state index contributed by atoms with van der Waals surface area (Å²) in [4.78, 5) is 13.1. The summed E-state index contributed by atoms with van der Waals surface area (Å²) in [6.45, 7) is 0. The number of aryl methyl sites for hydroxylation is 1. The van der Waals surface area contributed by atoms with Gasteiger partial charge in [-0.05, 0) is 35.4 Å². The number of thioether (sulfide) groups is 1. The molecule has 3 aromatic rings. The molecule has 9 heteroatoms. The molecule has 4 rings (SSSR count). The summed E-state index contributed by atoms with van der Waals surface area (Å²) >= 11 is 4.82. The molecular formula is C21H20BrN5O2S. The van der Waals surface area contributed by atoms with Crippen LogP contribution in [0.15, 0.2) is 69.6 Å². The highest BCUT2D eigenvalue weighted by atomic mass is 79.9. The number of halogens is 1. The van der Waals surface area contributed by atoms with Gasteiger partial charge < -0.3 is 9.30 Å². The fourth-order valence-corrected chi connectivity index (χ4v) is 4.24. The van der Waals surface area contributed by atoms with Crippen molar-refractivity contribution in [1.29, 1.82) is 0 Å². The molecule has 1 aromatic heterocycles. The molecule has 0 N–H and O–H groups in total. The quantitative estimate of drug-likeness (QED) is 0.492. The molecule has 0 unspecified atom stereocenters. The molecule has 1 atom stereocenters. The first-order valence-corrected chi connectivity index (χ1v) is 11.1. The first-order chi connectivity index (χ1) is 14.5. The molecule has 1 aliphatic heterocycles. The van der Waals surface area contributed by atoms with Crippen molar-refractivity contribution < 1.29 is 9.53 Å². The highest BCUT2D eigenvalue weighted by Crippen LogP contribution is 2.34. The van der Waals surface area contributed by atoms with Crippen molar-refractivity contribution >= 4 is 39.3 Å². The van der Waals surface area contributed by atoms with Gasteiger partial charge in [-0.15, -0.1) is 10.2 Å². The molecular weight excluding hydrogens is 466 g/mol. The van der Waals surface area contributed by atoms with Gasteiger partial charge in [0, 0.05) is 17.9 Å². The summed E-state index contributed by atoms with van der Waals surface area (Å²) in [5.41, 5.74) is 2.91. The predicted octanol–water partition coefficient (Wildman–Crippen LogP) is 4.06. The van der Waals surface area contributed by atoms with Crippen LogP contribution in [-0.4, -0.2) is 44.3 Å². The predicted molar refractivity (Wildman–Crippen MR) is 120 cm³/mol. The standard InChI is InChI=1S/C21H20BrN5O2S/c1-26-13-23-24-21(26)30-12-20(28)27-19(15-5-9-17(29-2)10-6-15)11-18(25-27)14-3-7-16(22)8-4-14/h3-10,13,19H,11-12H2,1-2H3/t19-/m0/s1. The van der Waals surface area contributed by atoms with Gasteiger partial charge in [0.15, 0.2) is 5.16 Å². The van der Waals surface area contributed by atoms with E-state index in [0.717, 1.165) is 27.1 Å². The van der Waals surface area contributed by atoms with Crippen molar-refractivity contribution in [3.63, 3.8) is 0 Å². The van der Waals surface area contributed by atoms with Gasteiger partial charge in [0.1, 0.15) is 12.1 Å².